The molecule has 0 bridgehead atoms. The molecular weight excluding hydrogens is 213 g/mol. The van der Waals surface area contributed by atoms with Gasteiger partial charge in [0, 0.05) is 0 Å². The zero-order valence-corrected chi connectivity index (χ0v) is 10.1. The smallest absolute Gasteiger partial charge is 0.145 e. The van der Waals surface area contributed by atoms with E-state index in [0.29, 0.717) is 12.1 Å². The van der Waals surface area contributed by atoms with Gasteiger partial charge in [-0.05, 0) is 35.6 Å². The predicted octanol–water partition coefficient (Wildman–Crippen LogP) is 3.66. The number of benzene rings is 1. The van der Waals surface area contributed by atoms with Crippen LogP contribution >= 0.6 is 11.6 Å². The Morgan fingerprint density at radius 1 is 1.33 bits per heavy atom. The van der Waals surface area contributed by atoms with Gasteiger partial charge >= 0.3 is 0 Å². The van der Waals surface area contributed by atoms with Crippen LogP contribution in [0.5, 0.6) is 0 Å². The standard InChI is InChI=1S/C12H17ClFN/c1-7(2)10-4-9(8(3)6-15)5-11(13)12(10)14/h4-5,7-8H,6,15H2,1-3H3. The summed E-state index contributed by atoms with van der Waals surface area (Å²) in [7, 11) is 0. The van der Waals surface area contributed by atoms with Crippen molar-refractivity contribution in [3.63, 3.8) is 0 Å². The van der Waals surface area contributed by atoms with E-state index in [-0.39, 0.29) is 22.7 Å². The molecule has 0 heterocycles. The number of rotatable bonds is 3. The first kappa shape index (κ1) is 12.5. The van der Waals surface area contributed by atoms with E-state index in [0.717, 1.165) is 5.56 Å². The highest BCUT2D eigenvalue weighted by Crippen LogP contribution is 2.29. The summed E-state index contributed by atoms with van der Waals surface area (Å²) in [5.41, 5.74) is 7.25. The lowest BCUT2D eigenvalue weighted by Gasteiger charge is -2.15. The van der Waals surface area contributed by atoms with Crippen molar-refractivity contribution in [3.05, 3.63) is 34.1 Å². The minimum Gasteiger partial charge on any atom is -0.330 e. The van der Waals surface area contributed by atoms with Crippen molar-refractivity contribution in [3.8, 4) is 0 Å². The molecule has 1 aromatic carbocycles. The molecule has 1 nitrogen and oxygen atoms in total. The van der Waals surface area contributed by atoms with Gasteiger partial charge in [-0.1, -0.05) is 38.4 Å². The lowest BCUT2D eigenvalue weighted by atomic mass is 9.94. The van der Waals surface area contributed by atoms with Crippen LogP contribution in [0.1, 0.15) is 43.7 Å². The molecule has 0 saturated carbocycles. The molecule has 84 valence electrons. The lowest BCUT2D eigenvalue weighted by Crippen LogP contribution is -2.10. The Morgan fingerprint density at radius 3 is 2.40 bits per heavy atom. The van der Waals surface area contributed by atoms with Crippen molar-refractivity contribution < 1.29 is 4.39 Å². The summed E-state index contributed by atoms with van der Waals surface area (Å²) in [5.74, 6) is 0.0349. The lowest BCUT2D eigenvalue weighted by molar-refractivity contribution is 0.596. The van der Waals surface area contributed by atoms with E-state index in [1.165, 1.54) is 0 Å². The maximum Gasteiger partial charge on any atom is 0.145 e. The van der Waals surface area contributed by atoms with Crippen LogP contribution in [0, 0.1) is 5.82 Å². The molecule has 0 fully saturated rings. The number of hydrogen-bond acceptors (Lipinski definition) is 1. The quantitative estimate of drug-likeness (QED) is 0.841. The second kappa shape index (κ2) is 4.95. The first-order valence-corrected chi connectivity index (χ1v) is 5.54. The van der Waals surface area contributed by atoms with Crippen LogP contribution in [-0.2, 0) is 0 Å². The molecule has 2 N–H and O–H groups in total. The van der Waals surface area contributed by atoms with Gasteiger partial charge in [0.25, 0.3) is 0 Å². The summed E-state index contributed by atoms with van der Waals surface area (Å²) in [6.07, 6.45) is 0. The summed E-state index contributed by atoms with van der Waals surface area (Å²) < 4.78 is 13.6. The van der Waals surface area contributed by atoms with E-state index in [4.69, 9.17) is 17.3 Å². The molecule has 0 aromatic heterocycles. The molecular formula is C12H17ClFN. The van der Waals surface area contributed by atoms with Crippen LogP contribution in [0.2, 0.25) is 5.02 Å². The average molecular weight is 230 g/mol. The fourth-order valence-electron chi connectivity index (χ4n) is 1.47. The third-order valence-corrected chi connectivity index (χ3v) is 2.90. The molecule has 0 spiro atoms. The minimum absolute atomic E-state index is 0.132. The Morgan fingerprint density at radius 2 is 1.93 bits per heavy atom. The molecule has 1 atom stereocenters. The normalized spacial score (nSPS) is 13.3. The van der Waals surface area contributed by atoms with Crippen LogP contribution in [0.4, 0.5) is 4.39 Å². The topological polar surface area (TPSA) is 26.0 Å². The van der Waals surface area contributed by atoms with Crippen molar-refractivity contribution in [1.82, 2.24) is 0 Å². The molecule has 0 amide bonds. The average Bonchev–Trinajstić information content (AvgIpc) is 2.20. The van der Waals surface area contributed by atoms with Gasteiger partial charge in [-0.2, -0.15) is 0 Å². The Balaban J connectivity index is 3.23. The minimum atomic E-state index is -0.306. The van der Waals surface area contributed by atoms with Crippen LogP contribution in [0.15, 0.2) is 12.1 Å². The third kappa shape index (κ3) is 2.70. The van der Waals surface area contributed by atoms with Crippen LogP contribution in [0.3, 0.4) is 0 Å². The number of hydrogen-bond donors (Lipinski definition) is 1. The molecule has 0 radical (unpaired) electrons. The molecule has 15 heavy (non-hydrogen) atoms. The summed E-state index contributed by atoms with van der Waals surface area (Å²) >= 11 is 5.85. The van der Waals surface area contributed by atoms with Gasteiger partial charge in [0.05, 0.1) is 5.02 Å². The second-order valence-corrected chi connectivity index (χ2v) is 4.60. The molecule has 0 aliphatic carbocycles. The van der Waals surface area contributed by atoms with Gasteiger partial charge < -0.3 is 5.73 Å². The zero-order valence-electron chi connectivity index (χ0n) is 9.35. The Kier molecular flexibility index (Phi) is 4.12. The van der Waals surface area contributed by atoms with Crippen molar-refractivity contribution >= 4 is 11.6 Å². The maximum atomic E-state index is 13.6. The van der Waals surface area contributed by atoms with Crippen molar-refractivity contribution in [1.29, 1.82) is 0 Å². The molecule has 3 heteroatoms. The van der Waals surface area contributed by atoms with Gasteiger partial charge in [0.15, 0.2) is 0 Å². The Labute approximate surface area is 95.4 Å². The van der Waals surface area contributed by atoms with E-state index in [1.54, 1.807) is 6.07 Å². The fraction of sp³-hybridized carbons (Fsp3) is 0.500. The van der Waals surface area contributed by atoms with E-state index < -0.39 is 0 Å². The molecule has 1 rings (SSSR count). The molecule has 0 saturated heterocycles. The first-order valence-electron chi connectivity index (χ1n) is 5.16. The Bertz CT molecular complexity index is 350. The first-order chi connectivity index (χ1) is 6.97. The monoisotopic (exact) mass is 229 g/mol. The highest BCUT2D eigenvalue weighted by Gasteiger charge is 2.14. The summed E-state index contributed by atoms with van der Waals surface area (Å²) in [4.78, 5) is 0. The maximum absolute atomic E-state index is 13.6. The van der Waals surface area contributed by atoms with Crippen molar-refractivity contribution in [2.75, 3.05) is 6.54 Å². The largest absolute Gasteiger partial charge is 0.330 e. The fourth-order valence-corrected chi connectivity index (χ4v) is 1.71. The molecule has 0 aliphatic rings. The summed E-state index contributed by atoms with van der Waals surface area (Å²) in [6.45, 7) is 6.45. The SMILES string of the molecule is CC(C)c1cc(C(C)CN)cc(Cl)c1F. The van der Waals surface area contributed by atoms with E-state index in [9.17, 15) is 4.39 Å². The molecule has 1 unspecified atom stereocenters. The van der Waals surface area contributed by atoms with Crippen LogP contribution in [0.25, 0.3) is 0 Å². The number of halogens is 2. The third-order valence-electron chi connectivity index (χ3n) is 2.62. The highest BCUT2D eigenvalue weighted by atomic mass is 35.5. The Hall–Kier alpha value is -0.600. The van der Waals surface area contributed by atoms with Crippen molar-refractivity contribution in [2.45, 2.75) is 32.6 Å². The molecule has 0 aliphatic heterocycles. The van der Waals surface area contributed by atoms with E-state index in [1.807, 2.05) is 26.8 Å². The van der Waals surface area contributed by atoms with Crippen LogP contribution < -0.4 is 5.73 Å². The second-order valence-electron chi connectivity index (χ2n) is 4.20. The van der Waals surface area contributed by atoms with Gasteiger partial charge in [0.2, 0.25) is 0 Å². The molecule has 1 aromatic rings. The van der Waals surface area contributed by atoms with Gasteiger partial charge in [-0.25, -0.2) is 4.39 Å². The van der Waals surface area contributed by atoms with Crippen LogP contribution in [-0.4, -0.2) is 6.54 Å². The highest BCUT2D eigenvalue weighted by molar-refractivity contribution is 6.30. The van der Waals surface area contributed by atoms with E-state index >= 15 is 0 Å². The predicted molar refractivity (Wildman–Crippen MR) is 63.0 cm³/mol. The summed E-state index contributed by atoms with van der Waals surface area (Å²) in [5, 5.41) is 0.191. The number of nitrogens with two attached hydrogens (primary N) is 1. The summed E-state index contributed by atoms with van der Waals surface area (Å²) in [6, 6.07) is 3.53. The van der Waals surface area contributed by atoms with Gasteiger partial charge in [-0.3, -0.25) is 0 Å². The van der Waals surface area contributed by atoms with Gasteiger partial charge in [-0.15, -0.1) is 0 Å². The zero-order chi connectivity index (χ0) is 11.6. The van der Waals surface area contributed by atoms with Gasteiger partial charge in [0.1, 0.15) is 5.82 Å². The van der Waals surface area contributed by atoms with Crippen molar-refractivity contribution in [2.24, 2.45) is 5.73 Å². The van der Waals surface area contributed by atoms with E-state index in [2.05, 4.69) is 0 Å².